The predicted octanol–water partition coefficient (Wildman–Crippen LogP) is 0.442. The van der Waals surface area contributed by atoms with E-state index in [1.807, 2.05) is 25.7 Å². The average molecular weight is 418 g/mol. The van der Waals surface area contributed by atoms with E-state index in [0.717, 1.165) is 0 Å². The SMILES string of the molecule is CC1CN(S(=O)(=O)N2CCN(C(C)C(=O)Nc3nccs3)CC2)CC(C)O1. The lowest BCUT2D eigenvalue weighted by Gasteiger charge is -2.41. The quantitative estimate of drug-likeness (QED) is 0.747. The van der Waals surface area contributed by atoms with Crippen LogP contribution >= 0.6 is 11.3 Å². The summed E-state index contributed by atoms with van der Waals surface area (Å²) >= 11 is 1.37. The summed E-state index contributed by atoms with van der Waals surface area (Å²) in [6.07, 6.45) is 1.42. The molecule has 1 aromatic rings. The molecule has 3 atom stereocenters. The standard InChI is InChI=1S/C16H27N5O4S2/c1-12-10-21(11-13(2)25-12)27(23,24)20-7-5-19(6-8-20)14(3)15(22)18-16-17-4-9-26-16/h4,9,12-14H,5-8,10-11H2,1-3H3,(H,17,18,22). The fourth-order valence-corrected chi connectivity index (χ4v) is 5.74. The molecule has 3 rings (SSSR count). The van der Waals surface area contributed by atoms with Gasteiger partial charge in [-0.1, -0.05) is 0 Å². The number of hydrogen-bond acceptors (Lipinski definition) is 7. The number of morpholine rings is 1. The maximum absolute atomic E-state index is 12.9. The summed E-state index contributed by atoms with van der Waals surface area (Å²) in [6.45, 7) is 8.13. The van der Waals surface area contributed by atoms with E-state index < -0.39 is 10.2 Å². The fourth-order valence-electron chi connectivity index (χ4n) is 3.46. The molecule has 2 saturated heterocycles. The van der Waals surface area contributed by atoms with Gasteiger partial charge in [0.2, 0.25) is 5.91 Å². The highest BCUT2D eigenvalue weighted by Gasteiger charge is 2.37. The lowest BCUT2D eigenvalue weighted by Crippen LogP contribution is -2.58. The highest BCUT2D eigenvalue weighted by molar-refractivity contribution is 7.86. The van der Waals surface area contributed by atoms with E-state index in [1.165, 1.54) is 19.9 Å². The fraction of sp³-hybridized carbons (Fsp3) is 0.750. The Morgan fingerprint density at radius 3 is 2.41 bits per heavy atom. The molecule has 0 saturated carbocycles. The van der Waals surface area contributed by atoms with E-state index in [0.29, 0.717) is 44.4 Å². The number of amides is 1. The number of aromatic nitrogens is 1. The zero-order valence-electron chi connectivity index (χ0n) is 15.9. The first-order chi connectivity index (χ1) is 12.8. The Bertz CT molecular complexity index is 724. The van der Waals surface area contributed by atoms with Gasteiger partial charge in [-0.15, -0.1) is 11.3 Å². The number of nitrogens with one attached hydrogen (secondary N) is 1. The maximum atomic E-state index is 12.9. The number of anilines is 1. The summed E-state index contributed by atoms with van der Waals surface area (Å²) in [5.74, 6) is -0.128. The van der Waals surface area contributed by atoms with Crippen LogP contribution in [-0.2, 0) is 19.7 Å². The van der Waals surface area contributed by atoms with Gasteiger partial charge in [0, 0.05) is 50.8 Å². The molecule has 0 radical (unpaired) electrons. The maximum Gasteiger partial charge on any atom is 0.282 e. The monoisotopic (exact) mass is 417 g/mol. The number of ether oxygens (including phenoxy) is 1. The summed E-state index contributed by atoms with van der Waals surface area (Å²) in [6, 6.07) is -0.345. The third-order valence-electron chi connectivity index (χ3n) is 4.90. The molecule has 2 aliphatic rings. The van der Waals surface area contributed by atoms with Crippen molar-refractivity contribution >= 4 is 32.6 Å². The molecule has 3 unspecified atom stereocenters. The van der Waals surface area contributed by atoms with Gasteiger partial charge in [0.15, 0.2) is 5.13 Å². The van der Waals surface area contributed by atoms with E-state index in [-0.39, 0.29) is 24.2 Å². The summed E-state index contributed by atoms with van der Waals surface area (Å²) < 4.78 is 34.6. The van der Waals surface area contributed by atoms with E-state index in [9.17, 15) is 13.2 Å². The van der Waals surface area contributed by atoms with Gasteiger partial charge in [-0.2, -0.15) is 17.0 Å². The summed E-state index contributed by atoms with van der Waals surface area (Å²) in [4.78, 5) is 18.4. The molecule has 0 spiro atoms. The molecule has 1 amide bonds. The molecule has 3 heterocycles. The average Bonchev–Trinajstić information content (AvgIpc) is 3.13. The van der Waals surface area contributed by atoms with E-state index in [1.54, 1.807) is 11.6 Å². The highest BCUT2D eigenvalue weighted by Crippen LogP contribution is 2.20. The minimum absolute atomic E-state index is 0.112. The van der Waals surface area contributed by atoms with E-state index in [2.05, 4.69) is 10.3 Å². The third-order valence-corrected chi connectivity index (χ3v) is 7.56. The second-order valence-corrected chi connectivity index (χ2v) is 9.84. The Morgan fingerprint density at radius 2 is 1.85 bits per heavy atom. The van der Waals surface area contributed by atoms with Crippen molar-refractivity contribution in [2.75, 3.05) is 44.6 Å². The molecular weight excluding hydrogens is 390 g/mol. The van der Waals surface area contributed by atoms with E-state index in [4.69, 9.17) is 4.74 Å². The zero-order valence-corrected chi connectivity index (χ0v) is 17.5. The van der Waals surface area contributed by atoms with Gasteiger partial charge in [0.05, 0.1) is 18.2 Å². The Morgan fingerprint density at radius 1 is 1.22 bits per heavy atom. The van der Waals surface area contributed by atoms with Gasteiger partial charge in [-0.05, 0) is 20.8 Å². The number of carbonyl (C=O) groups is 1. The third kappa shape index (κ3) is 4.84. The number of carbonyl (C=O) groups excluding carboxylic acids is 1. The largest absolute Gasteiger partial charge is 0.373 e. The Balaban J connectivity index is 1.55. The van der Waals surface area contributed by atoms with Crippen LogP contribution in [0.3, 0.4) is 0 Å². The number of rotatable bonds is 5. The lowest BCUT2D eigenvalue weighted by atomic mass is 10.2. The summed E-state index contributed by atoms with van der Waals surface area (Å²) in [5.41, 5.74) is 0. The summed E-state index contributed by atoms with van der Waals surface area (Å²) in [7, 11) is -3.51. The van der Waals surface area contributed by atoms with Crippen molar-refractivity contribution < 1.29 is 17.9 Å². The Hall–Kier alpha value is -1.11. The zero-order chi connectivity index (χ0) is 19.6. The molecule has 0 aliphatic carbocycles. The van der Waals surface area contributed by atoms with Crippen LogP contribution in [0.25, 0.3) is 0 Å². The van der Waals surface area contributed by atoms with Crippen molar-refractivity contribution in [3.05, 3.63) is 11.6 Å². The number of thiazole rings is 1. The van der Waals surface area contributed by atoms with Crippen molar-refractivity contribution in [3.63, 3.8) is 0 Å². The van der Waals surface area contributed by atoms with Crippen molar-refractivity contribution in [1.82, 2.24) is 18.5 Å². The topological polar surface area (TPSA) is 95.1 Å². The van der Waals surface area contributed by atoms with Crippen LogP contribution in [-0.4, -0.2) is 90.3 Å². The molecule has 9 nitrogen and oxygen atoms in total. The molecular formula is C16H27N5O4S2. The molecule has 1 aromatic heterocycles. The molecule has 27 heavy (non-hydrogen) atoms. The van der Waals surface area contributed by atoms with Crippen molar-refractivity contribution in [2.45, 2.75) is 39.0 Å². The summed E-state index contributed by atoms with van der Waals surface area (Å²) in [5, 5.41) is 5.17. The normalized spacial score (nSPS) is 27.4. The first-order valence-electron chi connectivity index (χ1n) is 9.12. The number of nitrogens with zero attached hydrogens (tertiary/aromatic N) is 4. The van der Waals surface area contributed by atoms with Crippen LogP contribution < -0.4 is 5.32 Å². The Labute approximate surface area is 164 Å². The van der Waals surface area contributed by atoms with Crippen molar-refractivity contribution in [2.24, 2.45) is 0 Å². The van der Waals surface area contributed by atoms with Gasteiger partial charge < -0.3 is 10.1 Å². The molecule has 0 bridgehead atoms. The van der Waals surface area contributed by atoms with Crippen LogP contribution in [0.5, 0.6) is 0 Å². The van der Waals surface area contributed by atoms with Crippen LogP contribution in [0.4, 0.5) is 5.13 Å². The lowest BCUT2D eigenvalue weighted by molar-refractivity contribution is -0.121. The first-order valence-corrected chi connectivity index (χ1v) is 11.4. The highest BCUT2D eigenvalue weighted by atomic mass is 32.2. The second-order valence-electron chi connectivity index (χ2n) is 7.02. The molecule has 0 aromatic carbocycles. The smallest absolute Gasteiger partial charge is 0.282 e. The van der Waals surface area contributed by atoms with Gasteiger partial charge in [-0.25, -0.2) is 4.98 Å². The van der Waals surface area contributed by atoms with Crippen molar-refractivity contribution in [1.29, 1.82) is 0 Å². The van der Waals surface area contributed by atoms with Gasteiger partial charge in [0.1, 0.15) is 0 Å². The van der Waals surface area contributed by atoms with Crippen LogP contribution in [0, 0.1) is 0 Å². The van der Waals surface area contributed by atoms with Crippen LogP contribution in [0.1, 0.15) is 20.8 Å². The van der Waals surface area contributed by atoms with Gasteiger partial charge >= 0.3 is 0 Å². The predicted molar refractivity (Wildman–Crippen MR) is 104 cm³/mol. The molecule has 152 valence electrons. The number of piperazine rings is 1. The molecule has 11 heteroatoms. The second kappa shape index (κ2) is 8.50. The van der Waals surface area contributed by atoms with E-state index >= 15 is 0 Å². The molecule has 1 N–H and O–H groups in total. The minimum atomic E-state index is -3.51. The van der Waals surface area contributed by atoms with Crippen LogP contribution in [0.15, 0.2) is 11.6 Å². The molecule has 2 aliphatic heterocycles. The number of hydrogen-bond donors (Lipinski definition) is 1. The van der Waals surface area contributed by atoms with Gasteiger partial charge in [0.25, 0.3) is 10.2 Å². The van der Waals surface area contributed by atoms with Crippen LogP contribution in [0.2, 0.25) is 0 Å². The minimum Gasteiger partial charge on any atom is -0.373 e. The van der Waals surface area contributed by atoms with Gasteiger partial charge in [-0.3, -0.25) is 9.69 Å². The Kier molecular flexibility index (Phi) is 6.49. The first kappa shape index (κ1) is 20.6. The van der Waals surface area contributed by atoms with Crippen molar-refractivity contribution in [3.8, 4) is 0 Å². The molecule has 2 fully saturated rings.